The standard InChI is InChI=1S/C26H35N3O5.C2H6/c1-12-7-8-29-17(21(28-4)20-15(12)9-13(2)25(33-5)24(20)32)10-16-19(18(29)11-27)23(31)26(34-6)14(3)22(16)30;1-2/h9,12,17-18,21,28,32H,7-8,10-11,27H2,1-6H3;1-2H3. The van der Waals surface area contributed by atoms with E-state index in [1.165, 1.54) is 7.11 Å². The van der Waals surface area contributed by atoms with Crippen LogP contribution in [0.15, 0.2) is 28.5 Å². The van der Waals surface area contributed by atoms with E-state index in [9.17, 15) is 14.7 Å². The van der Waals surface area contributed by atoms with Crippen LogP contribution in [0.1, 0.15) is 69.2 Å². The largest absolute Gasteiger partial charge is 0.504 e. The second kappa shape index (κ2) is 11.2. The Morgan fingerprint density at radius 2 is 1.83 bits per heavy atom. The Morgan fingerprint density at radius 3 is 2.39 bits per heavy atom. The van der Waals surface area contributed by atoms with Gasteiger partial charge in [0, 0.05) is 34.9 Å². The van der Waals surface area contributed by atoms with Gasteiger partial charge in [-0.2, -0.15) is 0 Å². The number of hydrogen-bond acceptors (Lipinski definition) is 8. The number of carbonyl (C=O) groups excluding carboxylic acids is 2. The molecule has 4 unspecified atom stereocenters. The lowest BCUT2D eigenvalue weighted by Gasteiger charge is -2.49. The number of carbonyl (C=O) groups is 2. The summed E-state index contributed by atoms with van der Waals surface area (Å²) in [7, 11) is 4.83. The molecule has 0 saturated carbocycles. The van der Waals surface area contributed by atoms with Crippen LogP contribution in [-0.2, 0) is 14.3 Å². The van der Waals surface area contributed by atoms with Crippen LogP contribution in [0.5, 0.6) is 11.5 Å². The molecule has 1 aromatic rings. The normalized spacial score (nSPS) is 26.2. The molecule has 1 aliphatic carbocycles. The number of allylic oxidation sites excluding steroid dienone is 2. The van der Waals surface area contributed by atoms with Crippen molar-refractivity contribution in [2.24, 2.45) is 5.73 Å². The Kier molecular flexibility index (Phi) is 8.64. The van der Waals surface area contributed by atoms with Crippen LogP contribution in [0.2, 0.25) is 0 Å². The minimum absolute atomic E-state index is 0.106. The van der Waals surface area contributed by atoms with Gasteiger partial charge in [0.15, 0.2) is 23.0 Å². The molecule has 3 aliphatic rings. The summed E-state index contributed by atoms with van der Waals surface area (Å²) in [5.74, 6) is 0.432. The van der Waals surface area contributed by atoms with Crippen LogP contribution in [-0.4, -0.2) is 68.0 Å². The number of rotatable bonds is 4. The molecule has 4 rings (SSSR count). The molecule has 8 heteroatoms. The van der Waals surface area contributed by atoms with Gasteiger partial charge in [-0.25, -0.2) is 0 Å². The first-order valence-electron chi connectivity index (χ1n) is 12.8. The van der Waals surface area contributed by atoms with Crippen LogP contribution >= 0.6 is 0 Å². The summed E-state index contributed by atoms with van der Waals surface area (Å²) < 4.78 is 10.9. The molecule has 8 nitrogen and oxygen atoms in total. The van der Waals surface area contributed by atoms with Gasteiger partial charge in [0.05, 0.1) is 26.3 Å². The van der Waals surface area contributed by atoms with Gasteiger partial charge in [-0.3, -0.25) is 14.5 Å². The van der Waals surface area contributed by atoms with Gasteiger partial charge in [0.1, 0.15) is 0 Å². The van der Waals surface area contributed by atoms with Crippen molar-refractivity contribution in [3.63, 3.8) is 0 Å². The van der Waals surface area contributed by atoms with Crippen molar-refractivity contribution in [1.82, 2.24) is 10.2 Å². The highest BCUT2D eigenvalue weighted by molar-refractivity contribution is 6.25. The van der Waals surface area contributed by atoms with Crippen LogP contribution in [0.3, 0.4) is 0 Å². The molecular weight excluding hydrogens is 458 g/mol. The van der Waals surface area contributed by atoms with Gasteiger partial charge in [-0.1, -0.05) is 26.8 Å². The number of hydrogen-bond donors (Lipinski definition) is 3. The van der Waals surface area contributed by atoms with E-state index in [2.05, 4.69) is 23.2 Å². The predicted octanol–water partition coefficient (Wildman–Crippen LogP) is 3.27. The molecule has 0 aromatic heterocycles. The summed E-state index contributed by atoms with van der Waals surface area (Å²) in [6.07, 6.45) is 1.19. The Hall–Kier alpha value is -2.68. The number of likely N-dealkylation sites (N-methyl/N-ethyl adjacent to an activating group) is 1. The molecular formula is C28H41N3O5. The SMILES string of the molecule is CC.CNC1c2c(cc(C)c(OC)c2O)C(C)CCN2C(CN)C3=C(CC12)C(=O)C(C)=C(OC)C3=O. The monoisotopic (exact) mass is 499 g/mol. The number of benzene rings is 1. The van der Waals surface area contributed by atoms with Crippen molar-refractivity contribution in [2.75, 3.05) is 34.4 Å². The highest BCUT2D eigenvalue weighted by Gasteiger charge is 2.48. The highest BCUT2D eigenvalue weighted by atomic mass is 16.5. The second-order valence-corrected chi connectivity index (χ2v) is 9.50. The van der Waals surface area contributed by atoms with E-state index in [0.29, 0.717) is 35.4 Å². The minimum atomic E-state index is -0.414. The zero-order valence-electron chi connectivity index (χ0n) is 22.8. The van der Waals surface area contributed by atoms with Gasteiger partial charge >= 0.3 is 0 Å². The fourth-order valence-electron chi connectivity index (χ4n) is 6.13. The fraction of sp³-hybridized carbons (Fsp3) is 0.571. The topological polar surface area (TPSA) is 114 Å². The van der Waals surface area contributed by atoms with E-state index in [4.69, 9.17) is 15.2 Å². The van der Waals surface area contributed by atoms with Crippen molar-refractivity contribution >= 4 is 11.6 Å². The zero-order chi connectivity index (χ0) is 26.9. The summed E-state index contributed by atoms with van der Waals surface area (Å²) in [4.78, 5) is 29.0. The summed E-state index contributed by atoms with van der Waals surface area (Å²) >= 11 is 0. The lowest BCUT2D eigenvalue weighted by atomic mass is 9.73. The van der Waals surface area contributed by atoms with Crippen LogP contribution in [0, 0.1) is 6.92 Å². The third-order valence-electron chi connectivity index (χ3n) is 7.80. The number of phenolic OH excluding ortho intramolecular Hbond substituents is 1. The number of ether oxygens (including phenoxy) is 2. The lowest BCUT2D eigenvalue weighted by molar-refractivity contribution is -0.120. The quantitative estimate of drug-likeness (QED) is 0.541. The second-order valence-electron chi connectivity index (χ2n) is 9.50. The number of phenols is 1. The van der Waals surface area contributed by atoms with Gasteiger partial charge < -0.3 is 25.6 Å². The summed E-state index contributed by atoms with van der Waals surface area (Å²) in [6, 6.07) is 1.20. The number of methoxy groups -OCH3 is 2. The number of aryl methyl sites for hydroxylation is 1. The molecule has 0 bridgehead atoms. The molecule has 0 amide bonds. The average molecular weight is 500 g/mol. The highest BCUT2D eigenvalue weighted by Crippen LogP contribution is 2.48. The molecule has 1 aromatic carbocycles. The first-order valence-corrected chi connectivity index (χ1v) is 12.8. The number of nitrogens with two attached hydrogens (primary N) is 1. The number of aromatic hydroxyl groups is 1. The Bertz CT molecular complexity index is 1110. The molecule has 4 atom stereocenters. The Morgan fingerprint density at radius 1 is 1.17 bits per heavy atom. The van der Waals surface area contributed by atoms with Crippen LogP contribution < -0.4 is 15.8 Å². The smallest absolute Gasteiger partial charge is 0.225 e. The molecule has 0 fully saturated rings. The molecule has 2 heterocycles. The number of fused-ring (bicyclic) bond motifs is 2. The van der Waals surface area contributed by atoms with Crippen LogP contribution in [0.4, 0.5) is 0 Å². The van der Waals surface area contributed by atoms with Crippen molar-refractivity contribution < 1.29 is 24.2 Å². The van der Waals surface area contributed by atoms with E-state index in [1.54, 1.807) is 14.0 Å². The maximum Gasteiger partial charge on any atom is 0.225 e. The predicted molar refractivity (Wildman–Crippen MR) is 140 cm³/mol. The maximum absolute atomic E-state index is 13.4. The van der Waals surface area contributed by atoms with Crippen molar-refractivity contribution in [3.8, 4) is 11.5 Å². The maximum atomic E-state index is 13.4. The van der Waals surface area contributed by atoms with Gasteiger partial charge in [-0.15, -0.1) is 0 Å². The number of ketones is 2. The average Bonchev–Trinajstić information content (AvgIpc) is 2.87. The summed E-state index contributed by atoms with van der Waals surface area (Å²) in [6.45, 7) is 10.6. The van der Waals surface area contributed by atoms with E-state index >= 15 is 0 Å². The summed E-state index contributed by atoms with van der Waals surface area (Å²) in [5, 5.41) is 14.7. The van der Waals surface area contributed by atoms with Crippen molar-refractivity contribution in [1.29, 1.82) is 0 Å². The van der Waals surface area contributed by atoms with E-state index < -0.39 is 6.04 Å². The fourth-order valence-corrected chi connectivity index (χ4v) is 6.13. The van der Waals surface area contributed by atoms with Crippen molar-refractivity contribution in [3.05, 3.63) is 45.2 Å². The third-order valence-corrected chi connectivity index (χ3v) is 7.80. The van der Waals surface area contributed by atoms with Crippen LogP contribution in [0.25, 0.3) is 0 Å². The summed E-state index contributed by atoms with van der Waals surface area (Å²) in [5.41, 5.74) is 10.3. The Labute approximate surface area is 214 Å². The lowest BCUT2D eigenvalue weighted by Crippen LogP contribution is -2.58. The van der Waals surface area contributed by atoms with E-state index in [-0.39, 0.29) is 47.6 Å². The van der Waals surface area contributed by atoms with Gasteiger partial charge in [-0.05, 0) is 57.3 Å². The first kappa shape index (κ1) is 27.9. The van der Waals surface area contributed by atoms with Gasteiger partial charge in [0.25, 0.3) is 0 Å². The molecule has 2 aliphatic heterocycles. The third kappa shape index (κ3) is 4.25. The number of nitrogens with zero attached hydrogens (tertiary/aromatic N) is 1. The molecule has 198 valence electrons. The van der Waals surface area contributed by atoms with Gasteiger partial charge in [0.2, 0.25) is 5.78 Å². The molecule has 0 radical (unpaired) electrons. The van der Waals surface area contributed by atoms with Crippen molar-refractivity contribution in [2.45, 2.75) is 71.5 Å². The Balaban J connectivity index is 0.00000176. The molecule has 0 spiro atoms. The zero-order valence-corrected chi connectivity index (χ0v) is 22.8. The van der Waals surface area contributed by atoms with E-state index in [0.717, 1.165) is 23.1 Å². The molecule has 0 saturated heterocycles. The van der Waals surface area contributed by atoms with E-state index in [1.807, 2.05) is 27.8 Å². The minimum Gasteiger partial charge on any atom is -0.504 e. The number of nitrogens with one attached hydrogen (secondary N) is 1. The molecule has 4 N–H and O–H groups in total. The first-order chi connectivity index (χ1) is 17.2. The number of Topliss-reactive ketones (excluding diaryl/α,β-unsaturated/α-hetero) is 2. The molecule has 36 heavy (non-hydrogen) atoms.